The monoisotopic (exact) mass is 302 g/mol. The number of anilines is 1. The Bertz CT molecular complexity index is 545. The van der Waals surface area contributed by atoms with Gasteiger partial charge in [-0.2, -0.15) is 0 Å². The van der Waals surface area contributed by atoms with Crippen LogP contribution >= 0.6 is 0 Å². The summed E-state index contributed by atoms with van der Waals surface area (Å²) in [5, 5.41) is 0. The van der Waals surface area contributed by atoms with Gasteiger partial charge < -0.3 is 4.90 Å². The smallest absolute Gasteiger partial charge is 0.0487 e. The molecular formula is C20H34N2. The molecule has 0 N–H and O–H groups in total. The minimum Gasteiger partial charge on any atom is -0.371 e. The largest absolute Gasteiger partial charge is 0.371 e. The molecule has 0 aliphatic carbocycles. The maximum atomic E-state index is 5.02. The molecule has 2 heterocycles. The van der Waals surface area contributed by atoms with Crippen LogP contribution < -0.4 is 4.90 Å². The van der Waals surface area contributed by atoms with Crippen molar-refractivity contribution in [2.45, 2.75) is 79.7 Å². The van der Waals surface area contributed by atoms with Crippen LogP contribution in [0.1, 0.15) is 82.3 Å². The lowest BCUT2D eigenvalue weighted by atomic mass is 9.78. The molecule has 0 saturated heterocycles. The molecule has 3 atom stereocenters. The van der Waals surface area contributed by atoms with Crippen LogP contribution in [0, 0.1) is 25.7 Å². The molecule has 0 saturated carbocycles. The summed E-state index contributed by atoms with van der Waals surface area (Å²) >= 11 is 0. The standard InChI is InChI=1S/C20H34N2/c1-11(2)17-10-13(5)16(8)22(9)20-14(6)15(7)21-19(12(3)4)18(17)20/h11-13,16-17H,10H2,1-9H3/t13-,16-,17?/m1/s1. The van der Waals surface area contributed by atoms with E-state index in [-0.39, 0.29) is 0 Å². The van der Waals surface area contributed by atoms with Gasteiger partial charge in [-0.05, 0) is 56.4 Å². The number of pyridine rings is 1. The first-order valence-corrected chi connectivity index (χ1v) is 8.90. The maximum absolute atomic E-state index is 5.02. The van der Waals surface area contributed by atoms with E-state index >= 15 is 0 Å². The van der Waals surface area contributed by atoms with Gasteiger partial charge in [0, 0.05) is 35.7 Å². The quantitative estimate of drug-likeness (QED) is 0.724. The van der Waals surface area contributed by atoms with Gasteiger partial charge >= 0.3 is 0 Å². The number of hydrogen-bond acceptors (Lipinski definition) is 2. The minimum atomic E-state index is 0.478. The molecule has 1 aromatic rings. The third-order valence-electron chi connectivity index (χ3n) is 5.85. The Morgan fingerprint density at radius 2 is 1.68 bits per heavy atom. The van der Waals surface area contributed by atoms with Gasteiger partial charge in [0.2, 0.25) is 0 Å². The van der Waals surface area contributed by atoms with Crippen molar-refractivity contribution in [1.29, 1.82) is 0 Å². The van der Waals surface area contributed by atoms with Crippen molar-refractivity contribution in [3.05, 3.63) is 22.5 Å². The van der Waals surface area contributed by atoms with E-state index in [4.69, 9.17) is 4.98 Å². The van der Waals surface area contributed by atoms with Crippen molar-refractivity contribution in [3.63, 3.8) is 0 Å². The molecule has 1 aliphatic rings. The summed E-state index contributed by atoms with van der Waals surface area (Å²) < 4.78 is 0. The van der Waals surface area contributed by atoms with Gasteiger partial charge in [0.25, 0.3) is 0 Å². The molecule has 0 spiro atoms. The zero-order valence-electron chi connectivity index (χ0n) is 16.0. The molecule has 124 valence electrons. The third-order valence-corrected chi connectivity index (χ3v) is 5.85. The lowest BCUT2D eigenvalue weighted by Crippen LogP contribution is -2.34. The molecule has 1 unspecified atom stereocenters. The highest BCUT2D eigenvalue weighted by Gasteiger charge is 2.35. The summed E-state index contributed by atoms with van der Waals surface area (Å²) in [5.74, 6) is 2.44. The van der Waals surface area contributed by atoms with Gasteiger partial charge in [-0.3, -0.25) is 4.98 Å². The molecule has 2 rings (SSSR count). The van der Waals surface area contributed by atoms with E-state index in [9.17, 15) is 0 Å². The number of aryl methyl sites for hydroxylation is 1. The summed E-state index contributed by atoms with van der Waals surface area (Å²) in [4.78, 5) is 7.54. The van der Waals surface area contributed by atoms with E-state index in [2.05, 4.69) is 67.3 Å². The Balaban J connectivity index is 2.81. The van der Waals surface area contributed by atoms with Crippen LogP contribution in [0.4, 0.5) is 5.69 Å². The van der Waals surface area contributed by atoms with Crippen LogP contribution in [0.3, 0.4) is 0 Å². The van der Waals surface area contributed by atoms with Gasteiger partial charge in [0.1, 0.15) is 0 Å². The number of fused-ring (bicyclic) bond motifs is 1. The lowest BCUT2D eigenvalue weighted by molar-refractivity contribution is 0.364. The van der Waals surface area contributed by atoms with Crippen molar-refractivity contribution >= 4 is 5.69 Å². The Hall–Kier alpha value is -1.05. The molecule has 0 aromatic carbocycles. The molecule has 0 radical (unpaired) electrons. The molecule has 1 aliphatic heterocycles. The molecule has 22 heavy (non-hydrogen) atoms. The second-order valence-corrected chi connectivity index (χ2v) is 8.04. The predicted molar refractivity (Wildman–Crippen MR) is 97.0 cm³/mol. The lowest BCUT2D eigenvalue weighted by Gasteiger charge is -2.32. The Labute approximate surface area is 137 Å². The highest BCUT2D eigenvalue weighted by Crippen LogP contribution is 2.46. The van der Waals surface area contributed by atoms with Crippen LogP contribution in [-0.2, 0) is 0 Å². The second-order valence-electron chi connectivity index (χ2n) is 8.04. The van der Waals surface area contributed by atoms with Crippen molar-refractivity contribution in [2.75, 3.05) is 11.9 Å². The van der Waals surface area contributed by atoms with Crippen LogP contribution in [0.15, 0.2) is 0 Å². The third kappa shape index (κ3) is 2.77. The van der Waals surface area contributed by atoms with Gasteiger partial charge in [-0.1, -0.05) is 34.6 Å². The normalized spacial score (nSPS) is 25.6. The molecule has 1 aromatic heterocycles. The first-order valence-electron chi connectivity index (χ1n) is 8.90. The number of aromatic nitrogens is 1. The Morgan fingerprint density at radius 1 is 1.09 bits per heavy atom. The molecule has 0 fully saturated rings. The van der Waals surface area contributed by atoms with Gasteiger partial charge in [0.05, 0.1) is 0 Å². The number of hydrogen-bond donors (Lipinski definition) is 0. The topological polar surface area (TPSA) is 16.1 Å². The fourth-order valence-electron chi connectivity index (χ4n) is 3.99. The summed E-state index contributed by atoms with van der Waals surface area (Å²) in [5.41, 5.74) is 6.88. The van der Waals surface area contributed by atoms with E-state index < -0.39 is 0 Å². The van der Waals surface area contributed by atoms with Crippen molar-refractivity contribution in [1.82, 2.24) is 4.98 Å². The Kier molecular flexibility index (Phi) is 4.89. The first-order chi connectivity index (χ1) is 10.2. The van der Waals surface area contributed by atoms with Gasteiger partial charge in [-0.15, -0.1) is 0 Å². The fourth-order valence-corrected chi connectivity index (χ4v) is 3.99. The molecule has 0 bridgehead atoms. The molecule has 2 heteroatoms. The van der Waals surface area contributed by atoms with Crippen molar-refractivity contribution in [3.8, 4) is 0 Å². The maximum Gasteiger partial charge on any atom is 0.0487 e. The van der Waals surface area contributed by atoms with Crippen LogP contribution in [0.5, 0.6) is 0 Å². The zero-order chi connectivity index (χ0) is 16.8. The predicted octanol–water partition coefficient (Wildman–Crippen LogP) is 5.43. The SMILES string of the molecule is Cc1nc(C(C)C)c2c(c1C)N(C)[C@H](C)[C@H](C)CC2C(C)C. The summed E-state index contributed by atoms with van der Waals surface area (Å²) in [6, 6.07) is 0.572. The summed E-state index contributed by atoms with van der Waals surface area (Å²) in [6.07, 6.45) is 1.26. The average molecular weight is 303 g/mol. The Morgan fingerprint density at radius 3 is 2.18 bits per heavy atom. The highest BCUT2D eigenvalue weighted by atomic mass is 15.1. The minimum absolute atomic E-state index is 0.478. The van der Waals surface area contributed by atoms with E-state index in [1.165, 1.54) is 34.6 Å². The highest BCUT2D eigenvalue weighted by molar-refractivity contribution is 5.64. The first kappa shape index (κ1) is 17.3. The summed E-state index contributed by atoms with van der Waals surface area (Å²) in [6.45, 7) is 18.5. The van der Waals surface area contributed by atoms with E-state index in [1.807, 2.05) is 0 Å². The number of nitrogens with zero attached hydrogens (tertiary/aromatic N) is 2. The average Bonchev–Trinajstić information content (AvgIpc) is 2.53. The van der Waals surface area contributed by atoms with Gasteiger partial charge in [0.15, 0.2) is 0 Å². The molecular weight excluding hydrogens is 268 g/mol. The van der Waals surface area contributed by atoms with E-state index in [0.29, 0.717) is 29.7 Å². The van der Waals surface area contributed by atoms with Crippen LogP contribution in [0.25, 0.3) is 0 Å². The van der Waals surface area contributed by atoms with Crippen molar-refractivity contribution in [2.24, 2.45) is 11.8 Å². The summed E-state index contributed by atoms with van der Waals surface area (Å²) in [7, 11) is 2.28. The molecule has 0 amide bonds. The van der Waals surface area contributed by atoms with Crippen LogP contribution in [-0.4, -0.2) is 18.1 Å². The van der Waals surface area contributed by atoms with Gasteiger partial charge in [-0.25, -0.2) is 0 Å². The molecule has 2 nitrogen and oxygen atoms in total. The van der Waals surface area contributed by atoms with E-state index in [1.54, 1.807) is 0 Å². The fraction of sp³-hybridized carbons (Fsp3) is 0.750. The van der Waals surface area contributed by atoms with E-state index in [0.717, 1.165) is 0 Å². The zero-order valence-corrected chi connectivity index (χ0v) is 16.0. The second kappa shape index (κ2) is 6.22. The van der Waals surface area contributed by atoms with Crippen molar-refractivity contribution < 1.29 is 0 Å². The number of rotatable bonds is 2. The van der Waals surface area contributed by atoms with Crippen LogP contribution in [0.2, 0.25) is 0 Å².